The molecular formula is C14H13NO2. The topological polar surface area (TPSA) is 34.7 Å². The van der Waals surface area contributed by atoms with E-state index in [0.29, 0.717) is 18.3 Å². The highest BCUT2D eigenvalue weighted by molar-refractivity contribution is 5.92. The first kappa shape index (κ1) is 10.1. The molecule has 1 aromatic heterocycles. The molecule has 1 aliphatic heterocycles. The predicted octanol–water partition coefficient (Wildman–Crippen LogP) is 2.67. The number of benzene rings is 1. The van der Waals surface area contributed by atoms with E-state index in [9.17, 15) is 0 Å². The summed E-state index contributed by atoms with van der Waals surface area (Å²) in [6, 6.07) is 14.2. The van der Waals surface area contributed by atoms with Gasteiger partial charge in [-0.15, -0.1) is 0 Å². The summed E-state index contributed by atoms with van der Waals surface area (Å²) in [7, 11) is 0. The molecule has 2 heterocycles. The average molecular weight is 227 g/mol. The Bertz CT molecular complexity index is 502. The molecule has 2 aromatic rings. The van der Waals surface area contributed by atoms with Crippen molar-refractivity contribution in [3.63, 3.8) is 0 Å². The SMILES string of the molecule is c1ccc(C[C@H]2COC(c3ccco3)=N2)cc1. The summed E-state index contributed by atoms with van der Waals surface area (Å²) in [5.74, 6) is 1.33. The quantitative estimate of drug-likeness (QED) is 0.808. The van der Waals surface area contributed by atoms with Gasteiger partial charge in [0.1, 0.15) is 6.61 Å². The van der Waals surface area contributed by atoms with Gasteiger partial charge in [-0.25, -0.2) is 4.99 Å². The normalized spacial score (nSPS) is 18.8. The number of hydrogen-bond donors (Lipinski definition) is 0. The molecule has 1 aromatic carbocycles. The van der Waals surface area contributed by atoms with E-state index in [-0.39, 0.29) is 6.04 Å². The molecule has 3 heteroatoms. The van der Waals surface area contributed by atoms with E-state index in [1.54, 1.807) is 6.26 Å². The third-order valence-corrected chi connectivity index (χ3v) is 2.76. The lowest BCUT2D eigenvalue weighted by molar-refractivity contribution is 0.310. The number of ether oxygens (including phenoxy) is 1. The Balaban J connectivity index is 1.71. The number of furan rings is 1. The summed E-state index contributed by atoms with van der Waals surface area (Å²) in [5, 5.41) is 0. The second kappa shape index (κ2) is 4.45. The summed E-state index contributed by atoms with van der Waals surface area (Å²) in [4.78, 5) is 4.53. The van der Waals surface area contributed by atoms with E-state index < -0.39 is 0 Å². The van der Waals surface area contributed by atoms with Crippen LogP contribution in [0.3, 0.4) is 0 Å². The first-order valence-corrected chi connectivity index (χ1v) is 5.70. The minimum absolute atomic E-state index is 0.192. The molecule has 3 nitrogen and oxygen atoms in total. The van der Waals surface area contributed by atoms with E-state index in [2.05, 4.69) is 17.1 Å². The molecule has 86 valence electrons. The number of aliphatic imine (C=N–C) groups is 1. The molecule has 0 spiro atoms. The van der Waals surface area contributed by atoms with E-state index in [4.69, 9.17) is 9.15 Å². The monoisotopic (exact) mass is 227 g/mol. The van der Waals surface area contributed by atoms with E-state index in [1.807, 2.05) is 30.3 Å². The summed E-state index contributed by atoms with van der Waals surface area (Å²) >= 11 is 0. The Morgan fingerprint density at radius 1 is 1.12 bits per heavy atom. The second-order valence-corrected chi connectivity index (χ2v) is 4.07. The van der Waals surface area contributed by atoms with Gasteiger partial charge >= 0.3 is 0 Å². The van der Waals surface area contributed by atoms with Crippen LogP contribution in [0.4, 0.5) is 0 Å². The number of nitrogens with zero attached hydrogens (tertiary/aromatic N) is 1. The van der Waals surface area contributed by atoms with Crippen molar-refractivity contribution in [2.75, 3.05) is 6.61 Å². The molecule has 0 radical (unpaired) electrons. The zero-order valence-electron chi connectivity index (χ0n) is 9.37. The minimum Gasteiger partial charge on any atom is -0.473 e. The van der Waals surface area contributed by atoms with Crippen LogP contribution in [-0.2, 0) is 11.2 Å². The van der Waals surface area contributed by atoms with E-state index in [0.717, 1.165) is 6.42 Å². The Hall–Kier alpha value is -2.03. The van der Waals surface area contributed by atoms with Crippen molar-refractivity contribution in [3.05, 3.63) is 60.1 Å². The van der Waals surface area contributed by atoms with Crippen LogP contribution in [0.2, 0.25) is 0 Å². The molecule has 0 fully saturated rings. The van der Waals surface area contributed by atoms with Gasteiger partial charge in [0.05, 0.1) is 12.3 Å². The fourth-order valence-corrected chi connectivity index (χ4v) is 1.94. The van der Waals surface area contributed by atoms with E-state index >= 15 is 0 Å². The van der Waals surface area contributed by atoms with Crippen LogP contribution in [-0.4, -0.2) is 18.5 Å². The fraction of sp³-hybridized carbons (Fsp3) is 0.214. The van der Waals surface area contributed by atoms with Crippen molar-refractivity contribution in [2.45, 2.75) is 12.5 Å². The number of rotatable bonds is 3. The molecule has 0 amide bonds. The molecule has 0 N–H and O–H groups in total. The summed E-state index contributed by atoms with van der Waals surface area (Å²) in [6.45, 7) is 0.630. The standard InChI is InChI=1S/C14H13NO2/c1-2-5-11(6-3-1)9-12-10-17-14(15-12)13-7-4-8-16-13/h1-8,12H,9-10H2/t12-/m0/s1. The summed E-state index contributed by atoms with van der Waals surface area (Å²) < 4.78 is 10.8. The number of hydrogen-bond acceptors (Lipinski definition) is 3. The smallest absolute Gasteiger partial charge is 0.253 e. The average Bonchev–Trinajstić information content (AvgIpc) is 3.00. The van der Waals surface area contributed by atoms with Crippen LogP contribution >= 0.6 is 0 Å². The first-order valence-electron chi connectivity index (χ1n) is 5.70. The highest BCUT2D eigenvalue weighted by Gasteiger charge is 2.21. The van der Waals surface area contributed by atoms with E-state index in [1.165, 1.54) is 5.56 Å². The Kier molecular flexibility index (Phi) is 2.66. The molecular weight excluding hydrogens is 214 g/mol. The van der Waals surface area contributed by atoms with Crippen molar-refractivity contribution in [3.8, 4) is 0 Å². The van der Waals surface area contributed by atoms with Gasteiger partial charge in [0, 0.05) is 0 Å². The Labute approximate surface area is 99.7 Å². The fourth-order valence-electron chi connectivity index (χ4n) is 1.94. The van der Waals surface area contributed by atoms with Gasteiger partial charge < -0.3 is 9.15 Å². The molecule has 3 rings (SSSR count). The van der Waals surface area contributed by atoms with Gasteiger partial charge in [-0.1, -0.05) is 30.3 Å². The minimum atomic E-state index is 0.192. The third kappa shape index (κ3) is 2.23. The van der Waals surface area contributed by atoms with Crippen molar-refractivity contribution >= 4 is 5.90 Å². The molecule has 0 bridgehead atoms. The Morgan fingerprint density at radius 3 is 2.76 bits per heavy atom. The zero-order valence-corrected chi connectivity index (χ0v) is 9.37. The van der Waals surface area contributed by atoms with Crippen molar-refractivity contribution in [2.24, 2.45) is 4.99 Å². The molecule has 0 saturated heterocycles. The van der Waals surface area contributed by atoms with Crippen LogP contribution in [0.25, 0.3) is 0 Å². The highest BCUT2D eigenvalue weighted by Crippen LogP contribution is 2.15. The third-order valence-electron chi connectivity index (χ3n) is 2.76. The zero-order chi connectivity index (χ0) is 11.5. The lowest BCUT2D eigenvalue weighted by Crippen LogP contribution is -2.09. The van der Waals surface area contributed by atoms with Crippen molar-refractivity contribution in [1.29, 1.82) is 0 Å². The van der Waals surface area contributed by atoms with Gasteiger partial charge in [0.2, 0.25) is 0 Å². The molecule has 17 heavy (non-hydrogen) atoms. The molecule has 1 aliphatic rings. The molecule has 0 saturated carbocycles. The maximum absolute atomic E-state index is 5.54. The lowest BCUT2D eigenvalue weighted by Gasteiger charge is -2.03. The second-order valence-electron chi connectivity index (χ2n) is 4.07. The maximum Gasteiger partial charge on any atom is 0.253 e. The highest BCUT2D eigenvalue weighted by atomic mass is 16.5. The van der Waals surface area contributed by atoms with Crippen LogP contribution in [0.15, 0.2) is 58.1 Å². The van der Waals surface area contributed by atoms with Crippen LogP contribution < -0.4 is 0 Å². The summed E-state index contributed by atoms with van der Waals surface area (Å²) in [5.41, 5.74) is 1.28. The van der Waals surface area contributed by atoms with Crippen LogP contribution in [0, 0.1) is 0 Å². The van der Waals surface area contributed by atoms with Gasteiger partial charge in [-0.2, -0.15) is 0 Å². The Morgan fingerprint density at radius 2 is 2.00 bits per heavy atom. The van der Waals surface area contributed by atoms with Crippen molar-refractivity contribution in [1.82, 2.24) is 0 Å². The van der Waals surface area contributed by atoms with Gasteiger partial charge in [0.15, 0.2) is 5.76 Å². The van der Waals surface area contributed by atoms with Crippen molar-refractivity contribution < 1.29 is 9.15 Å². The van der Waals surface area contributed by atoms with Gasteiger partial charge in [0.25, 0.3) is 5.90 Å². The summed E-state index contributed by atoms with van der Waals surface area (Å²) in [6.07, 6.45) is 2.54. The molecule has 1 atom stereocenters. The lowest BCUT2D eigenvalue weighted by atomic mass is 10.1. The van der Waals surface area contributed by atoms with Crippen LogP contribution in [0.5, 0.6) is 0 Å². The first-order chi connectivity index (χ1) is 8.42. The van der Waals surface area contributed by atoms with Gasteiger partial charge in [-0.05, 0) is 24.1 Å². The molecule has 0 aliphatic carbocycles. The van der Waals surface area contributed by atoms with Gasteiger partial charge in [-0.3, -0.25) is 0 Å². The maximum atomic E-state index is 5.54. The predicted molar refractivity (Wildman–Crippen MR) is 65.1 cm³/mol. The largest absolute Gasteiger partial charge is 0.473 e. The molecule has 0 unspecified atom stereocenters. The van der Waals surface area contributed by atoms with Crippen LogP contribution in [0.1, 0.15) is 11.3 Å².